The molecule has 7 rings (SSSR count). The van der Waals surface area contributed by atoms with Gasteiger partial charge in [-0.15, -0.1) is 0 Å². The molecule has 250 valence electrons. The molecule has 0 aliphatic heterocycles. The zero-order valence-corrected chi connectivity index (χ0v) is 29.9. The van der Waals surface area contributed by atoms with Crippen LogP contribution < -0.4 is 9.80 Å². The molecule has 0 unspecified atom stereocenters. The van der Waals surface area contributed by atoms with Gasteiger partial charge in [0.25, 0.3) is 0 Å². The number of rotatable bonds is 10. The van der Waals surface area contributed by atoms with Gasteiger partial charge in [-0.3, -0.25) is 0 Å². The van der Waals surface area contributed by atoms with Crippen LogP contribution in [0.2, 0.25) is 0 Å². The van der Waals surface area contributed by atoms with E-state index in [4.69, 9.17) is 0 Å². The summed E-state index contributed by atoms with van der Waals surface area (Å²) in [6.45, 7) is 12.8. The first-order valence-electron chi connectivity index (χ1n) is 17.6. The minimum absolute atomic E-state index is 0.137. The van der Waals surface area contributed by atoms with E-state index in [2.05, 4.69) is 220 Å². The van der Waals surface area contributed by atoms with Crippen molar-refractivity contribution in [1.82, 2.24) is 0 Å². The highest BCUT2D eigenvalue weighted by Crippen LogP contribution is 2.40. The van der Waals surface area contributed by atoms with E-state index in [0.29, 0.717) is 0 Å². The highest BCUT2D eigenvalue weighted by molar-refractivity contribution is 5.81. The van der Waals surface area contributed by atoms with Gasteiger partial charge in [0.15, 0.2) is 0 Å². The first kappa shape index (κ1) is 33.4. The van der Waals surface area contributed by atoms with Crippen molar-refractivity contribution in [1.29, 1.82) is 0 Å². The highest BCUT2D eigenvalue weighted by atomic mass is 15.1. The zero-order valence-electron chi connectivity index (χ0n) is 29.9. The summed E-state index contributed by atoms with van der Waals surface area (Å²) in [4.78, 5) is 4.65. The maximum Gasteiger partial charge on any atom is 0.0464 e. The van der Waals surface area contributed by atoms with E-state index in [1.54, 1.807) is 0 Å². The zero-order chi connectivity index (χ0) is 35.4. The number of benzene rings is 7. The lowest BCUT2D eigenvalue weighted by molar-refractivity contribution is 0.641. The number of hydrogen-bond acceptors (Lipinski definition) is 2. The summed E-state index contributed by atoms with van der Waals surface area (Å²) in [5, 5.41) is 0. The molecule has 0 aliphatic carbocycles. The predicted molar refractivity (Wildman–Crippen MR) is 219 cm³/mol. The normalized spacial score (nSPS) is 11.2. The van der Waals surface area contributed by atoms with E-state index in [1.165, 1.54) is 33.4 Å². The lowest BCUT2D eigenvalue weighted by Gasteiger charge is -2.29. The lowest BCUT2D eigenvalue weighted by atomic mass is 9.78. The van der Waals surface area contributed by atoms with E-state index in [-0.39, 0.29) is 5.41 Å². The van der Waals surface area contributed by atoms with Crippen LogP contribution in [0.15, 0.2) is 183 Å². The van der Waals surface area contributed by atoms with Crippen LogP contribution in [0.25, 0.3) is 17.2 Å². The number of para-hydroxylation sites is 1. The van der Waals surface area contributed by atoms with Gasteiger partial charge in [0.2, 0.25) is 0 Å². The van der Waals surface area contributed by atoms with Gasteiger partial charge in [-0.2, -0.15) is 0 Å². The van der Waals surface area contributed by atoms with Gasteiger partial charge in [0.05, 0.1) is 0 Å². The molecule has 0 aromatic heterocycles. The smallest absolute Gasteiger partial charge is 0.0464 e. The molecule has 0 atom stereocenters. The molecule has 2 heteroatoms. The van der Waals surface area contributed by atoms with Crippen molar-refractivity contribution in [2.75, 3.05) is 9.80 Å². The van der Waals surface area contributed by atoms with Crippen molar-refractivity contribution in [3.8, 4) is 11.1 Å². The van der Waals surface area contributed by atoms with Crippen molar-refractivity contribution in [2.24, 2.45) is 0 Å². The topological polar surface area (TPSA) is 6.48 Å². The molecule has 7 aromatic rings. The van der Waals surface area contributed by atoms with E-state index in [9.17, 15) is 0 Å². The molecular formula is C49H44N2. The average Bonchev–Trinajstić information content (AvgIpc) is 3.16. The fourth-order valence-corrected chi connectivity index (χ4v) is 6.84. The molecule has 0 spiro atoms. The monoisotopic (exact) mass is 660 g/mol. The van der Waals surface area contributed by atoms with Crippen LogP contribution in [0, 0.1) is 13.8 Å². The average molecular weight is 661 g/mol. The Kier molecular flexibility index (Phi) is 9.42. The molecule has 0 radical (unpaired) electrons. The Balaban J connectivity index is 1.18. The minimum atomic E-state index is -0.137. The first-order chi connectivity index (χ1) is 24.8. The Hall–Kier alpha value is -6.12. The van der Waals surface area contributed by atoms with E-state index in [1.807, 2.05) is 6.08 Å². The van der Waals surface area contributed by atoms with Gasteiger partial charge in [-0.25, -0.2) is 0 Å². The molecule has 0 saturated heterocycles. The highest BCUT2D eigenvalue weighted by Gasteiger charge is 2.24. The Morgan fingerprint density at radius 2 is 0.784 bits per heavy atom. The second-order valence-corrected chi connectivity index (χ2v) is 13.8. The van der Waals surface area contributed by atoms with Gasteiger partial charge >= 0.3 is 0 Å². The number of anilines is 6. The maximum atomic E-state index is 3.91. The van der Waals surface area contributed by atoms with Gasteiger partial charge in [-0.1, -0.05) is 130 Å². The SMILES string of the molecule is C=Cc1ccc(C(C)(C)c2ccc(N(c3ccc(-c4ccc(N(c5ccccc5)c5cccc(C)c5)cc4)cc3)c3cccc(C)c3)cc2)cc1. The first-order valence-corrected chi connectivity index (χ1v) is 17.6. The van der Waals surface area contributed by atoms with Gasteiger partial charge in [0.1, 0.15) is 0 Å². The Morgan fingerprint density at radius 3 is 1.20 bits per heavy atom. The number of hydrogen-bond donors (Lipinski definition) is 0. The Morgan fingerprint density at radius 1 is 0.412 bits per heavy atom. The van der Waals surface area contributed by atoms with E-state index < -0.39 is 0 Å². The van der Waals surface area contributed by atoms with Gasteiger partial charge in [-0.05, 0) is 126 Å². The Labute approximate surface area is 303 Å². The van der Waals surface area contributed by atoms with Crippen LogP contribution in [0.3, 0.4) is 0 Å². The second-order valence-electron chi connectivity index (χ2n) is 13.8. The molecule has 0 saturated carbocycles. The molecule has 0 N–H and O–H groups in total. The van der Waals surface area contributed by atoms with Crippen LogP contribution in [0.4, 0.5) is 34.1 Å². The minimum Gasteiger partial charge on any atom is -0.310 e. The number of aryl methyl sites for hydroxylation is 2. The van der Waals surface area contributed by atoms with Crippen molar-refractivity contribution < 1.29 is 0 Å². The number of nitrogens with zero attached hydrogens (tertiary/aromatic N) is 2. The summed E-state index contributed by atoms with van der Waals surface area (Å²) in [5.74, 6) is 0. The van der Waals surface area contributed by atoms with Crippen molar-refractivity contribution in [3.05, 3.63) is 210 Å². The van der Waals surface area contributed by atoms with Crippen molar-refractivity contribution >= 4 is 40.2 Å². The predicted octanol–water partition coefficient (Wildman–Crippen LogP) is 13.9. The Bertz CT molecular complexity index is 2230. The fraction of sp³-hybridized carbons (Fsp3) is 0.102. The standard InChI is InChI=1S/C49H44N2/c1-6-38-18-24-41(25-19-38)49(4,5)42-26-32-46(33-27-42)51(48-17-11-13-37(3)35-48)45-30-22-40(23-31-45)39-20-28-44(29-21-39)50(43-14-8-7-9-15-43)47-16-10-12-36(2)34-47/h6-35H,1H2,2-5H3. The second kappa shape index (κ2) is 14.4. The third-order valence-electron chi connectivity index (χ3n) is 9.83. The molecule has 0 fully saturated rings. The molecule has 0 aliphatic rings. The third kappa shape index (κ3) is 7.13. The summed E-state index contributed by atoms with van der Waals surface area (Å²) >= 11 is 0. The molecule has 7 aromatic carbocycles. The molecule has 0 amide bonds. The summed E-state index contributed by atoms with van der Waals surface area (Å²) in [6.07, 6.45) is 1.89. The van der Waals surface area contributed by atoms with Crippen molar-refractivity contribution in [3.63, 3.8) is 0 Å². The van der Waals surface area contributed by atoms with Gasteiger partial charge in [0, 0.05) is 39.5 Å². The van der Waals surface area contributed by atoms with Crippen LogP contribution in [-0.4, -0.2) is 0 Å². The van der Waals surface area contributed by atoms with Crippen LogP contribution >= 0.6 is 0 Å². The van der Waals surface area contributed by atoms with Crippen LogP contribution in [0.5, 0.6) is 0 Å². The van der Waals surface area contributed by atoms with E-state index in [0.717, 1.165) is 39.7 Å². The third-order valence-corrected chi connectivity index (χ3v) is 9.83. The molecule has 51 heavy (non-hydrogen) atoms. The largest absolute Gasteiger partial charge is 0.310 e. The van der Waals surface area contributed by atoms with Crippen molar-refractivity contribution in [2.45, 2.75) is 33.1 Å². The maximum absolute atomic E-state index is 3.91. The summed E-state index contributed by atoms with van der Waals surface area (Å²) < 4.78 is 0. The summed E-state index contributed by atoms with van der Waals surface area (Å²) in [5.41, 5.74) is 15.1. The lowest BCUT2D eigenvalue weighted by Crippen LogP contribution is -2.19. The molecule has 0 heterocycles. The van der Waals surface area contributed by atoms with Crippen LogP contribution in [-0.2, 0) is 5.41 Å². The molecule has 2 nitrogen and oxygen atoms in total. The van der Waals surface area contributed by atoms with E-state index >= 15 is 0 Å². The van der Waals surface area contributed by atoms with Gasteiger partial charge < -0.3 is 9.80 Å². The molecule has 0 bridgehead atoms. The summed E-state index contributed by atoms with van der Waals surface area (Å²) in [7, 11) is 0. The fourth-order valence-electron chi connectivity index (χ4n) is 6.84. The quantitative estimate of drug-likeness (QED) is 0.144. The van der Waals surface area contributed by atoms with Crippen LogP contribution in [0.1, 0.15) is 41.7 Å². The summed E-state index contributed by atoms with van der Waals surface area (Å²) in [6, 6.07) is 63.5. The molecular weight excluding hydrogens is 617 g/mol.